The van der Waals surface area contributed by atoms with Crippen LogP contribution in [0.5, 0.6) is 0 Å². The minimum absolute atomic E-state index is 0.00729. The van der Waals surface area contributed by atoms with Crippen molar-refractivity contribution in [3.63, 3.8) is 0 Å². The van der Waals surface area contributed by atoms with E-state index in [4.69, 9.17) is 8.48 Å². The molecule has 0 saturated heterocycles. The van der Waals surface area contributed by atoms with E-state index in [0.717, 1.165) is 0 Å². The van der Waals surface area contributed by atoms with Gasteiger partial charge in [-0.05, 0) is 33.6 Å². The second kappa shape index (κ2) is 6.94. The Bertz CT molecular complexity index is 381. The lowest BCUT2D eigenvalue weighted by molar-refractivity contribution is -0.129. The number of hydrogen-bond donors (Lipinski definition) is 3. The third kappa shape index (κ3) is 8.65. The number of nitrogens with two attached hydrogens (primary N) is 1. The highest BCUT2D eigenvalue weighted by Gasteiger charge is 2.31. The summed E-state index contributed by atoms with van der Waals surface area (Å²) < 4.78 is 16.1. The smallest absolute Gasteiger partial charge is 0.155 e. The summed E-state index contributed by atoms with van der Waals surface area (Å²) in [6.07, 6.45) is -1.48. The van der Waals surface area contributed by atoms with Crippen molar-refractivity contribution in [1.29, 1.82) is 0 Å². The Morgan fingerprint density at radius 3 is 2.21 bits per heavy atom. The molecule has 112 valence electrons. The zero-order valence-electron chi connectivity index (χ0n) is 15.2. The molecule has 0 rings (SSSR count). The second-order valence-corrected chi connectivity index (χ2v) is 6.89. The quantitative estimate of drug-likeness (QED) is 0.664. The molecule has 0 aromatic carbocycles. The maximum Gasteiger partial charge on any atom is 0.155 e. The van der Waals surface area contributed by atoms with Crippen molar-refractivity contribution in [1.82, 2.24) is 10.6 Å². The fourth-order valence-electron chi connectivity index (χ4n) is 1.65. The van der Waals surface area contributed by atoms with Gasteiger partial charge in [0, 0.05) is 20.2 Å². The van der Waals surface area contributed by atoms with Gasteiger partial charge in [0.25, 0.3) is 0 Å². The van der Waals surface area contributed by atoms with Crippen LogP contribution in [0.25, 0.3) is 0 Å². The number of carbonyl (C=O) groups is 1. The molecule has 0 bridgehead atoms. The first-order valence-electron chi connectivity index (χ1n) is 7.64. The van der Waals surface area contributed by atoms with Gasteiger partial charge in [0.1, 0.15) is 0 Å². The fourth-order valence-corrected chi connectivity index (χ4v) is 1.65. The molecule has 0 saturated carbocycles. The van der Waals surface area contributed by atoms with Crippen LogP contribution in [0.2, 0.25) is 0 Å². The summed E-state index contributed by atoms with van der Waals surface area (Å²) in [4.78, 5) is 12.6. The Balaban J connectivity index is 5.06. The number of carbonyl (C=O) groups excluding carboxylic acids is 1. The van der Waals surface area contributed by atoms with Crippen molar-refractivity contribution in [3.05, 3.63) is 12.4 Å². The van der Waals surface area contributed by atoms with Gasteiger partial charge in [0.05, 0.1) is 11.9 Å². The number of nitrogens with one attached hydrogen (secondary N) is 2. The molecule has 0 heterocycles. The number of hydrogen-bond acceptors (Lipinski definition) is 4. The van der Waals surface area contributed by atoms with Crippen LogP contribution in [0.1, 0.15) is 57.1 Å². The molecule has 0 aromatic heterocycles. The van der Waals surface area contributed by atoms with Gasteiger partial charge in [-0.2, -0.15) is 0 Å². The molecule has 0 fully saturated rings. The molecule has 4 heteroatoms. The summed E-state index contributed by atoms with van der Waals surface area (Å²) in [5, 5.41) is 5.94. The van der Waals surface area contributed by atoms with Crippen molar-refractivity contribution in [3.8, 4) is 0 Å². The lowest BCUT2D eigenvalue weighted by Crippen LogP contribution is -2.51. The van der Waals surface area contributed by atoms with Crippen LogP contribution in [0.3, 0.4) is 0 Å². The third-order valence-electron chi connectivity index (χ3n) is 2.45. The SMILES string of the molecule is [2H]C([2H])(CNC(=C)N)C[C@@H](NC(C)(C)C)C(=O)C(C)(C)C. The van der Waals surface area contributed by atoms with Crippen molar-refractivity contribution in [2.75, 3.05) is 6.54 Å². The van der Waals surface area contributed by atoms with E-state index in [2.05, 4.69) is 17.2 Å². The zero-order valence-corrected chi connectivity index (χ0v) is 13.2. The van der Waals surface area contributed by atoms with Crippen LogP contribution in [-0.2, 0) is 4.79 Å². The van der Waals surface area contributed by atoms with E-state index >= 15 is 0 Å². The molecule has 0 aliphatic carbocycles. The van der Waals surface area contributed by atoms with Crippen LogP contribution in [0.4, 0.5) is 0 Å². The first kappa shape index (κ1) is 14.4. The molecule has 0 amide bonds. The molecule has 0 aromatic rings. The van der Waals surface area contributed by atoms with Crippen molar-refractivity contribution in [2.45, 2.75) is 65.9 Å². The molecule has 1 atom stereocenters. The molecule has 0 aliphatic rings. The molecule has 0 unspecified atom stereocenters. The lowest BCUT2D eigenvalue weighted by atomic mass is 9.84. The van der Waals surface area contributed by atoms with E-state index in [-0.39, 0.29) is 30.1 Å². The molecule has 0 radical (unpaired) electrons. The van der Waals surface area contributed by atoms with E-state index in [1.807, 2.05) is 41.5 Å². The average Bonchev–Trinajstić information content (AvgIpc) is 2.21. The maximum absolute atomic E-state index is 12.6. The largest absolute Gasteiger partial charge is 0.386 e. The molecule has 4 N–H and O–H groups in total. The minimum Gasteiger partial charge on any atom is -0.386 e. The van der Waals surface area contributed by atoms with Gasteiger partial charge in [-0.25, -0.2) is 0 Å². The van der Waals surface area contributed by atoms with Gasteiger partial charge in [-0.1, -0.05) is 27.4 Å². The first-order chi connectivity index (χ1) is 9.14. The Morgan fingerprint density at radius 2 is 1.84 bits per heavy atom. The van der Waals surface area contributed by atoms with Crippen LogP contribution in [-0.4, -0.2) is 23.9 Å². The summed E-state index contributed by atoms with van der Waals surface area (Å²) in [6, 6.07) is -0.548. The molecule has 0 spiro atoms. The van der Waals surface area contributed by atoms with Crippen LogP contribution >= 0.6 is 0 Å². The number of ketones is 1. The highest BCUT2D eigenvalue weighted by atomic mass is 16.1. The first-order valence-corrected chi connectivity index (χ1v) is 6.64. The van der Waals surface area contributed by atoms with E-state index in [1.54, 1.807) is 0 Å². The molecule has 4 nitrogen and oxygen atoms in total. The van der Waals surface area contributed by atoms with Crippen LogP contribution in [0.15, 0.2) is 12.4 Å². The van der Waals surface area contributed by atoms with E-state index in [1.165, 1.54) is 0 Å². The Labute approximate surface area is 121 Å². The standard InChI is InChI=1S/C15H31N3O/c1-11(16)17-10-8-9-12(18-15(5,6)7)13(19)14(2,3)4/h12,17-18H,1,8-10,16H2,2-7H3/t12-/m1/s1/i8D2. The van der Waals surface area contributed by atoms with E-state index in [9.17, 15) is 4.79 Å². The highest BCUT2D eigenvalue weighted by molar-refractivity contribution is 5.88. The number of rotatable bonds is 7. The lowest BCUT2D eigenvalue weighted by Gasteiger charge is -2.32. The van der Waals surface area contributed by atoms with Crippen molar-refractivity contribution >= 4 is 5.78 Å². The van der Waals surface area contributed by atoms with Crippen LogP contribution < -0.4 is 16.4 Å². The van der Waals surface area contributed by atoms with Gasteiger partial charge >= 0.3 is 0 Å². The molecule has 19 heavy (non-hydrogen) atoms. The Hall–Kier alpha value is -1.03. The number of Topliss-reactive ketones (excluding diaryl/α,β-unsaturated/α-hetero) is 1. The fraction of sp³-hybridized carbons (Fsp3) is 0.800. The van der Waals surface area contributed by atoms with Gasteiger partial charge in [-0.3, -0.25) is 4.79 Å². The zero-order chi connectivity index (χ0) is 17.1. The maximum atomic E-state index is 12.6. The summed E-state index contributed by atoms with van der Waals surface area (Å²) in [6.45, 7) is 15.0. The predicted molar refractivity (Wildman–Crippen MR) is 81.7 cm³/mol. The highest BCUT2D eigenvalue weighted by Crippen LogP contribution is 2.20. The van der Waals surface area contributed by atoms with E-state index in [0.29, 0.717) is 0 Å². The van der Waals surface area contributed by atoms with E-state index < -0.39 is 17.8 Å². The van der Waals surface area contributed by atoms with Gasteiger partial charge < -0.3 is 16.4 Å². The normalized spacial score (nSPS) is 16.3. The Morgan fingerprint density at radius 1 is 1.32 bits per heavy atom. The van der Waals surface area contributed by atoms with Crippen molar-refractivity contribution < 1.29 is 7.54 Å². The summed E-state index contributed by atoms with van der Waals surface area (Å²) in [5.41, 5.74) is 4.61. The molecule has 0 aliphatic heterocycles. The topological polar surface area (TPSA) is 67.2 Å². The molecular weight excluding hydrogens is 238 g/mol. The van der Waals surface area contributed by atoms with Gasteiger partial charge in [0.2, 0.25) is 0 Å². The second-order valence-electron chi connectivity index (χ2n) is 6.89. The van der Waals surface area contributed by atoms with Crippen molar-refractivity contribution in [2.24, 2.45) is 11.1 Å². The summed E-state index contributed by atoms with van der Waals surface area (Å²) in [7, 11) is 0. The third-order valence-corrected chi connectivity index (χ3v) is 2.45. The Kier molecular flexibility index (Phi) is 5.25. The van der Waals surface area contributed by atoms with Gasteiger partial charge in [0.15, 0.2) is 5.78 Å². The van der Waals surface area contributed by atoms with Crippen LogP contribution in [0, 0.1) is 5.41 Å². The monoisotopic (exact) mass is 271 g/mol. The van der Waals surface area contributed by atoms with Gasteiger partial charge in [-0.15, -0.1) is 0 Å². The minimum atomic E-state index is -1.56. The predicted octanol–water partition coefficient (Wildman–Crippen LogP) is 2.16. The molecular formula is C15H31N3O. The summed E-state index contributed by atoms with van der Waals surface area (Å²) in [5.74, 6) is 0.231. The average molecular weight is 271 g/mol. The summed E-state index contributed by atoms with van der Waals surface area (Å²) >= 11 is 0.